The number of ether oxygens (including phenoxy) is 1. The van der Waals surface area contributed by atoms with Crippen LogP contribution in [0.2, 0.25) is 0 Å². The summed E-state index contributed by atoms with van der Waals surface area (Å²) in [4.78, 5) is 26.6. The lowest BCUT2D eigenvalue weighted by molar-refractivity contribution is -0.144. The second-order valence-electron chi connectivity index (χ2n) is 6.02. The molecule has 1 aliphatic heterocycles. The molecule has 1 aromatic heterocycles. The summed E-state index contributed by atoms with van der Waals surface area (Å²) in [7, 11) is 0. The Bertz CT molecular complexity index is 752. The van der Waals surface area contributed by atoms with Crippen molar-refractivity contribution in [2.24, 2.45) is 11.8 Å². The SMILES string of the molecule is O=C(NCC(C(=O)O)C1CCOCC1)c1cc2cc(F)ccc2[nH]1. The van der Waals surface area contributed by atoms with Crippen LogP contribution >= 0.6 is 0 Å². The maximum Gasteiger partial charge on any atom is 0.308 e. The van der Waals surface area contributed by atoms with Crippen molar-refractivity contribution in [1.82, 2.24) is 10.3 Å². The molecule has 1 fully saturated rings. The molecule has 1 amide bonds. The Balaban J connectivity index is 1.67. The maximum absolute atomic E-state index is 13.2. The fraction of sp³-hybridized carbons (Fsp3) is 0.412. The smallest absolute Gasteiger partial charge is 0.308 e. The van der Waals surface area contributed by atoms with Crippen LogP contribution in [0.5, 0.6) is 0 Å². The zero-order chi connectivity index (χ0) is 17.1. The van der Waals surface area contributed by atoms with Crippen LogP contribution in [0.15, 0.2) is 24.3 Å². The average Bonchev–Trinajstić information content (AvgIpc) is 2.98. The predicted molar refractivity (Wildman–Crippen MR) is 85.3 cm³/mol. The lowest BCUT2D eigenvalue weighted by Gasteiger charge is -2.27. The number of amides is 1. The van der Waals surface area contributed by atoms with E-state index in [2.05, 4.69) is 10.3 Å². The van der Waals surface area contributed by atoms with Gasteiger partial charge < -0.3 is 20.1 Å². The van der Waals surface area contributed by atoms with Gasteiger partial charge in [0.15, 0.2) is 0 Å². The summed E-state index contributed by atoms with van der Waals surface area (Å²) in [6.45, 7) is 1.16. The summed E-state index contributed by atoms with van der Waals surface area (Å²) in [6.07, 6.45) is 1.36. The van der Waals surface area contributed by atoms with Crippen molar-refractivity contribution < 1.29 is 23.8 Å². The Morgan fingerprint density at radius 3 is 2.79 bits per heavy atom. The molecule has 0 radical (unpaired) electrons. The maximum atomic E-state index is 13.2. The normalized spacial score (nSPS) is 16.9. The molecule has 3 N–H and O–H groups in total. The van der Waals surface area contributed by atoms with E-state index >= 15 is 0 Å². The van der Waals surface area contributed by atoms with Crippen molar-refractivity contribution in [2.45, 2.75) is 12.8 Å². The second-order valence-corrected chi connectivity index (χ2v) is 6.02. The van der Waals surface area contributed by atoms with Gasteiger partial charge in [-0.25, -0.2) is 4.39 Å². The molecule has 1 aliphatic rings. The predicted octanol–water partition coefficient (Wildman–Crippen LogP) is 2.16. The summed E-state index contributed by atoms with van der Waals surface area (Å²) in [5.74, 6) is -2.34. The Morgan fingerprint density at radius 2 is 2.08 bits per heavy atom. The first-order valence-electron chi connectivity index (χ1n) is 7.91. The van der Waals surface area contributed by atoms with E-state index < -0.39 is 17.8 Å². The molecular formula is C17H19FN2O4. The molecule has 1 atom stereocenters. The highest BCUT2D eigenvalue weighted by molar-refractivity contribution is 5.98. The van der Waals surface area contributed by atoms with Gasteiger partial charge in [-0.1, -0.05) is 0 Å². The van der Waals surface area contributed by atoms with Gasteiger partial charge in [0.05, 0.1) is 5.92 Å². The van der Waals surface area contributed by atoms with Crippen LogP contribution in [0.3, 0.4) is 0 Å². The fourth-order valence-corrected chi connectivity index (χ4v) is 3.10. The van der Waals surface area contributed by atoms with Gasteiger partial charge in [0.25, 0.3) is 5.91 Å². The number of halogens is 1. The van der Waals surface area contributed by atoms with E-state index in [4.69, 9.17) is 4.74 Å². The number of fused-ring (bicyclic) bond motifs is 1. The number of carboxylic acids is 1. The van der Waals surface area contributed by atoms with Crippen molar-refractivity contribution >= 4 is 22.8 Å². The summed E-state index contributed by atoms with van der Waals surface area (Å²) in [6, 6.07) is 5.76. The van der Waals surface area contributed by atoms with Gasteiger partial charge in [-0.3, -0.25) is 9.59 Å². The van der Waals surface area contributed by atoms with Gasteiger partial charge in [-0.05, 0) is 43.0 Å². The molecule has 1 aromatic carbocycles. The Labute approximate surface area is 138 Å². The van der Waals surface area contributed by atoms with E-state index in [-0.39, 0.29) is 24.0 Å². The lowest BCUT2D eigenvalue weighted by atomic mass is 9.86. The number of benzene rings is 1. The highest BCUT2D eigenvalue weighted by Crippen LogP contribution is 2.24. The van der Waals surface area contributed by atoms with Crippen LogP contribution in [0.1, 0.15) is 23.3 Å². The molecule has 0 bridgehead atoms. The number of H-pyrrole nitrogens is 1. The minimum Gasteiger partial charge on any atom is -0.481 e. The fourth-order valence-electron chi connectivity index (χ4n) is 3.10. The Hall–Kier alpha value is -2.41. The topological polar surface area (TPSA) is 91.4 Å². The summed E-state index contributed by atoms with van der Waals surface area (Å²) in [5, 5.41) is 12.7. The van der Waals surface area contributed by atoms with E-state index in [1.165, 1.54) is 12.1 Å². The van der Waals surface area contributed by atoms with Crippen molar-refractivity contribution in [3.8, 4) is 0 Å². The molecular weight excluding hydrogens is 315 g/mol. The molecule has 24 heavy (non-hydrogen) atoms. The van der Waals surface area contributed by atoms with E-state index in [0.717, 1.165) is 0 Å². The number of carbonyl (C=O) groups is 2. The average molecular weight is 334 g/mol. The zero-order valence-electron chi connectivity index (χ0n) is 13.0. The van der Waals surface area contributed by atoms with Crippen molar-refractivity contribution in [2.75, 3.05) is 19.8 Å². The number of hydrogen-bond donors (Lipinski definition) is 3. The highest BCUT2D eigenvalue weighted by Gasteiger charge is 2.30. The minimum atomic E-state index is -0.916. The molecule has 7 heteroatoms. The summed E-state index contributed by atoms with van der Waals surface area (Å²) in [5.41, 5.74) is 0.937. The third-order valence-electron chi connectivity index (χ3n) is 4.46. The number of nitrogens with one attached hydrogen (secondary N) is 2. The van der Waals surface area contributed by atoms with Gasteiger partial charge in [-0.15, -0.1) is 0 Å². The third-order valence-corrected chi connectivity index (χ3v) is 4.46. The first-order chi connectivity index (χ1) is 11.5. The molecule has 1 saturated heterocycles. The minimum absolute atomic E-state index is 0.00615. The number of aromatic amines is 1. The molecule has 1 unspecified atom stereocenters. The van der Waals surface area contributed by atoms with Crippen LogP contribution in [-0.2, 0) is 9.53 Å². The second kappa shape index (κ2) is 7.00. The highest BCUT2D eigenvalue weighted by atomic mass is 19.1. The van der Waals surface area contributed by atoms with Crippen LogP contribution < -0.4 is 5.32 Å². The number of carboxylic acid groups (broad SMARTS) is 1. The first-order valence-corrected chi connectivity index (χ1v) is 7.91. The lowest BCUT2D eigenvalue weighted by Crippen LogP contribution is -2.39. The third kappa shape index (κ3) is 3.56. The molecule has 128 valence electrons. The van der Waals surface area contributed by atoms with E-state index in [9.17, 15) is 19.1 Å². The van der Waals surface area contributed by atoms with Gasteiger partial charge in [-0.2, -0.15) is 0 Å². The molecule has 0 spiro atoms. The van der Waals surface area contributed by atoms with Gasteiger partial charge in [0.1, 0.15) is 11.5 Å². The molecule has 2 aromatic rings. The summed E-state index contributed by atoms with van der Waals surface area (Å²) < 4.78 is 18.5. The standard InChI is InChI=1S/C17H19FN2O4/c18-12-1-2-14-11(7-12)8-15(20-14)16(21)19-9-13(17(22)23)10-3-5-24-6-4-10/h1-2,7-8,10,13,20H,3-6,9H2,(H,19,21)(H,22,23). The first kappa shape index (κ1) is 16.4. The van der Waals surface area contributed by atoms with Crippen LogP contribution in [-0.4, -0.2) is 41.7 Å². The van der Waals surface area contributed by atoms with Crippen molar-refractivity contribution in [1.29, 1.82) is 0 Å². The molecule has 3 rings (SSSR count). The van der Waals surface area contributed by atoms with Gasteiger partial charge in [0.2, 0.25) is 0 Å². The van der Waals surface area contributed by atoms with Crippen LogP contribution in [0.25, 0.3) is 10.9 Å². The molecule has 0 saturated carbocycles. The number of rotatable bonds is 5. The zero-order valence-corrected chi connectivity index (χ0v) is 13.0. The Morgan fingerprint density at radius 1 is 1.33 bits per heavy atom. The van der Waals surface area contributed by atoms with Crippen molar-refractivity contribution in [3.05, 3.63) is 35.8 Å². The quantitative estimate of drug-likeness (QED) is 0.781. The number of aliphatic carboxylic acids is 1. The van der Waals surface area contributed by atoms with E-state index in [0.29, 0.717) is 37.0 Å². The van der Waals surface area contributed by atoms with E-state index in [1.54, 1.807) is 12.1 Å². The largest absolute Gasteiger partial charge is 0.481 e. The van der Waals surface area contributed by atoms with Crippen LogP contribution in [0, 0.1) is 17.7 Å². The molecule has 0 aliphatic carbocycles. The van der Waals surface area contributed by atoms with E-state index in [1.807, 2.05) is 0 Å². The number of aromatic nitrogens is 1. The van der Waals surface area contributed by atoms with Gasteiger partial charge in [0, 0.05) is 30.7 Å². The monoisotopic (exact) mass is 334 g/mol. The summed E-state index contributed by atoms with van der Waals surface area (Å²) >= 11 is 0. The molecule has 2 heterocycles. The Kier molecular flexibility index (Phi) is 4.80. The number of carbonyl (C=O) groups excluding carboxylic acids is 1. The van der Waals surface area contributed by atoms with Crippen molar-refractivity contribution in [3.63, 3.8) is 0 Å². The van der Waals surface area contributed by atoms with Crippen LogP contribution in [0.4, 0.5) is 4.39 Å². The number of hydrogen-bond acceptors (Lipinski definition) is 3. The molecule has 6 nitrogen and oxygen atoms in total. The van der Waals surface area contributed by atoms with Gasteiger partial charge >= 0.3 is 5.97 Å².